The van der Waals surface area contributed by atoms with Gasteiger partial charge in [-0.1, -0.05) is 48.5 Å². The second-order valence-corrected chi connectivity index (χ2v) is 9.12. The fourth-order valence-electron chi connectivity index (χ4n) is 3.18. The number of hydrogen-bond acceptors (Lipinski definition) is 4. The lowest BCUT2D eigenvalue weighted by Gasteiger charge is -2.14. The van der Waals surface area contributed by atoms with Crippen LogP contribution in [0.15, 0.2) is 60.7 Å². The van der Waals surface area contributed by atoms with Crippen LogP contribution < -0.4 is 14.8 Å². The molecule has 0 aliphatic heterocycles. The van der Waals surface area contributed by atoms with Gasteiger partial charge in [-0.05, 0) is 53.6 Å². The van der Waals surface area contributed by atoms with Crippen molar-refractivity contribution < 1.29 is 17.9 Å². The molecule has 1 atom stereocenters. The van der Waals surface area contributed by atoms with Crippen LogP contribution in [0, 0.1) is 0 Å². The Balaban J connectivity index is 1.62. The fourth-order valence-corrected chi connectivity index (χ4v) is 3.95. The lowest BCUT2D eigenvalue weighted by Crippen LogP contribution is -2.27. The van der Waals surface area contributed by atoms with Crippen molar-refractivity contribution in [2.24, 2.45) is 0 Å². The van der Waals surface area contributed by atoms with E-state index in [1.807, 2.05) is 55.5 Å². The van der Waals surface area contributed by atoms with E-state index in [1.54, 1.807) is 19.2 Å². The van der Waals surface area contributed by atoms with Gasteiger partial charge < -0.3 is 10.1 Å². The normalized spacial score (nSPS) is 12.5. The summed E-state index contributed by atoms with van der Waals surface area (Å²) in [7, 11) is -0.265. The van der Waals surface area contributed by atoms with E-state index in [0.29, 0.717) is 12.1 Å². The molecule has 3 rings (SSSR count). The predicted octanol–water partition coefficient (Wildman–Crippen LogP) is 3.32. The van der Waals surface area contributed by atoms with Gasteiger partial charge in [-0.3, -0.25) is 4.79 Å². The van der Waals surface area contributed by atoms with Gasteiger partial charge in [0, 0.05) is 6.54 Å². The number of amides is 1. The second kappa shape index (κ2) is 9.28. The van der Waals surface area contributed by atoms with Crippen LogP contribution in [0.4, 0.5) is 0 Å². The molecule has 0 saturated carbocycles. The number of sulfonamides is 1. The number of carbonyl (C=O) groups is 1. The zero-order valence-electron chi connectivity index (χ0n) is 17.3. The average Bonchev–Trinajstić information content (AvgIpc) is 2.76. The number of fused-ring (bicyclic) bond motifs is 1. The molecule has 0 aliphatic carbocycles. The van der Waals surface area contributed by atoms with Gasteiger partial charge in [0.25, 0.3) is 0 Å². The van der Waals surface area contributed by atoms with Crippen molar-refractivity contribution in [3.63, 3.8) is 0 Å². The topological polar surface area (TPSA) is 84.5 Å². The molecule has 7 heteroatoms. The van der Waals surface area contributed by atoms with E-state index in [0.717, 1.165) is 27.6 Å². The Bertz CT molecular complexity index is 1140. The minimum absolute atomic E-state index is 0.0651. The Morgan fingerprint density at radius 3 is 2.27 bits per heavy atom. The average molecular weight is 427 g/mol. The Hall–Kier alpha value is -2.90. The summed E-state index contributed by atoms with van der Waals surface area (Å²) in [5.41, 5.74) is 2.55. The number of carbonyl (C=O) groups excluding carboxylic acids is 1. The molecule has 6 nitrogen and oxygen atoms in total. The standard InChI is InChI=1S/C23H26N2O4S/c1-16(19-8-9-21-13-22(29-3)11-10-20(21)12-19)23(26)25-14-17-4-6-18(7-5-17)15-30(27,28)24-2/h4-13,16,24H,14-15H2,1-3H3,(H,25,26). The Morgan fingerprint density at radius 1 is 0.967 bits per heavy atom. The minimum atomic E-state index is -3.30. The van der Waals surface area contributed by atoms with Crippen LogP contribution >= 0.6 is 0 Å². The minimum Gasteiger partial charge on any atom is -0.497 e. The maximum Gasteiger partial charge on any atom is 0.227 e. The van der Waals surface area contributed by atoms with Crippen molar-refractivity contribution in [1.82, 2.24) is 10.0 Å². The second-order valence-electron chi connectivity index (χ2n) is 7.19. The predicted molar refractivity (Wildman–Crippen MR) is 119 cm³/mol. The highest BCUT2D eigenvalue weighted by molar-refractivity contribution is 7.88. The molecule has 0 saturated heterocycles. The van der Waals surface area contributed by atoms with E-state index in [1.165, 1.54) is 7.05 Å². The highest BCUT2D eigenvalue weighted by Gasteiger charge is 2.15. The lowest BCUT2D eigenvalue weighted by atomic mass is 9.97. The van der Waals surface area contributed by atoms with Crippen molar-refractivity contribution in [3.8, 4) is 5.75 Å². The summed E-state index contributed by atoms with van der Waals surface area (Å²) in [6, 6.07) is 19.0. The summed E-state index contributed by atoms with van der Waals surface area (Å²) < 4.78 is 30.8. The number of hydrogen-bond donors (Lipinski definition) is 2. The van der Waals surface area contributed by atoms with Crippen LogP contribution in [0.1, 0.15) is 29.5 Å². The molecule has 3 aromatic rings. The molecule has 0 heterocycles. The van der Waals surface area contributed by atoms with E-state index < -0.39 is 10.0 Å². The van der Waals surface area contributed by atoms with Crippen LogP contribution in [0.5, 0.6) is 5.75 Å². The van der Waals surface area contributed by atoms with Crippen LogP contribution in [0.25, 0.3) is 10.8 Å². The first-order chi connectivity index (χ1) is 14.3. The van der Waals surface area contributed by atoms with Gasteiger partial charge in [0.1, 0.15) is 5.75 Å². The summed E-state index contributed by atoms with van der Waals surface area (Å²) in [6.45, 7) is 2.26. The van der Waals surface area contributed by atoms with Crippen LogP contribution in [0.2, 0.25) is 0 Å². The quantitative estimate of drug-likeness (QED) is 0.579. The van der Waals surface area contributed by atoms with E-state index in [4.69, 9.17) is 4.74 Å². The summed E-state index contributed by atoms with van der Waals surface area (Å²) >= 11 is 0. The third kappa shape index (κ3) is 5.37. The zero-order chi connectivity index (χ0) is 21.7. The molecule has 0 fully saturated rings. The molecule has 0 radical (unpaired) electrons. The van der Waals surface area contributed by atoms with Crippen LogP contribution in [-0.2, 0) is 27.1 Å². The first-order valence-electron chi connectivity index (χ1n) is 9.66. The molecule has 1 unspecified atom stereocenters. The van der Waals surface area contributed by atoms with Gasteiger partial charge in [-0.25, -0.2) is 13.1 Å². The molecule has 1 amide bonds. The molecule has 2 N–H and O–H groups in total. The van der Waals surface area contributed by atoms with E-state index in [9.17, 15) is 13.2 Å². The molecule has 3 aromatic carbocycles. The van der Waals surface area contributed by atoms with Crippen molar-refractivity contribution in [2.75, 3.05) is 14.2 Å². The van der Waals surface area contributed by atoms with E-state index >= 15 is 0 Å². The summed E-state index contributed by atoms with van der Waals surface area (Å²) in [5, 5.41) is 5.07. The first kappa shape index (κ1) is 21.8. The molecule has 0 bridgehead atoms. The van der Waals surface area contributed by atoms with Gasteiger partial charge in [-0.15, -0.1) is 0 Å². The van der Waals surface area contributed by atoms with Gasteiger partial charge in [0.2, 0.25) is 15.9 Å². The highest BCUT2D eigenvalue weighted by atomic mass is 32.2. The summed E-state index contributed by atoms with van der Waals surface area (Å²) in [6.07, 6.45) is 0. The van der Waals surface area contributed by atoms with E-state index in [-0.39, 0.29) is 17.6 Å². The number of benzene rings is 3. The van der Waals surface area contributed by atoms with Gasteiger partial charge in [0.15, 0.2) is 0 Å². The zero-order valence-corrected chi connectivity index (χ0v) is 18.1. The summed E-state index contributed by atoms with van der Waals surface area (Å²) in [5.74, 6) is 0.373. The Labute approximate surface area is 177 Å². The van der Waals surface area contributed by atoms with Crippen molar-refractivity contribution in [3.05, 3.63) is 77.4 Å². The molecule has 158 valence electrons. The smallest absolute Gasteiger partial charge is 0.227 e. The van der Waals surface area contributed by atoms with Gasteiger partial charge in [0.05, 0.1) is 18.8 Å². The third-order valence-corrected chi connectivity index (χ3v) is 6.46. The SMILES string of the molecule is CNS(=O)(=O)Cc1ccc(CNC(=O)C(C)c2ccc3cc(OC)ccc3c2)cc1. The maximum absolute atomic E-state index is 12.6. The Morgan fingerprint density at radius 2 is 1.60 bits per heavy atom. The van der Waals surface area contributed by atoms with E-state index in [2.05, 4.69) is 10.0 Å². The summed E-state index contributed by atoms with van der Waals surface area (Å²) in [4.78, 5) is 12.6. The molecular formula is C23H26N2O4S. The Kier molecular flexibility index (Phi) is 6.74. The molecule has 0 spiro atoms. The third-order valence-electron chi connectivity index (χ3n) is 5.12. The van der Waals surface area contributed by atoms with Crippen molar-refractivity contribution in [2.45, 2.75) is 25.1 Å². The molecule has 0 aromatic heterocycles. The number of nitrogens with one attached hydrogen (secondary N) is 2. The lowest BCUT2D eigenvalue weighted by molar-refractivity contribution is -0.122. The maximum atomic E-state index is 12.6. The molecule has 30 heavy (non-hydrogen) atoms. The van der Waals surface area contributed by atoms with Crippen LogP contribution in [0.3, 0.4) is 0 Å². The van der Waals surface area contributed by atoms with Gasteiger partial charge in [-0.2, -0.15) is 0 Å². The van der Waals surface area contributed by atoms with Crippen molar-refractivity contribution >= 4 is 26.7 Å². The first-order valence-corrected chi connectivity index (χ1v) is 11.3. The number of ether oxygens (including phenoxy) is 1. The van der Waals surface area contributed by atoms with Gasteiger partial charge >= 0.3 is 0 Å². The molecular weight excluding hydrogens is 400 g/mol. The molecule has 0 aliphatic rings. The monoisotopic (exact) mass is 426 g/mol. The van der Waals surface area contributed by atoms with Crippen molar-refractivity contribution in [1.29, 1.82) is 0 Å². The largest absolute Gasteiger partial charge is 0.497 e. The number of rotatable bonds is 8. The fraction of sp³-hybridized carbons (Fsp3) is 0.261. The van der Waals surface area contributed by atoms with Crippen LogP contribution in [-0.4, -0.2) is 28.5 Å². The highest BCUT2D eigenvalue weighted by Crippen LogP contribution is 2.25. The number of methoxy groups -OCH3 is 1.